The summed E-state index contributed by atoms with van der Waals surface area (Å²) in [4.78, 5) is 46.1. The van der Waals surface area contributed by atoms with Gasteiger partial charge in [-0.25, -0.2) is 9.78 Å². The summed E-state index contributed by atoms with van der Waals surface area (Å²) in [5.74, 6) is -1.01. The number of ether oxygens (including phenoxy) is 1. The summed E-state index contributed by atoms with van der Waals surface area (Å²) in [7, 11) is -2.98. The highest BCUT2D eigenvalue weighted by atomic mass is 35.5. The lowest BCUT2D eigenvalue weighted by molar-refractivity contribution is -0.172. The normalized spacial score (nSPS) is 19.0. The number of nitrogens with zero attached hydrogens (tertiary/aromatic N) is 2. The van der Waals surface area contributed by atoms with Crippen molar-refractivity contribution in [2.75, 3.05) is 6.61 Å². The summed E-state index contributed by atoms with van der Waals surface area (Å²) in [5.41, 5.74) is 3.75. The Labute approximate surface area is 314 Å². The molecule has 5 aromatic rings. The Morgan fingerprint density at radius 3 is 2.34 bits per heavy atom. The van der Waals surface area contributed by atoms with Crippen molar-refractivity contribution in [2.45, 2.75) is 83.7 Å². The lowest BCUT2D eigenvalue weighted by Crippen LogP contribution is -2.67. The first-order valence-corrected chi connectivity index (χ1v) is 20.4. The van der Waals surface area contributed by atoms with Crippen LogP contribution in [0.5, 0.6) is 0 Å². The number of cyclic esters (lactones) is 1. The number of aromatic nitrogens is 2. The second kappa shape index (κ2) is 12.8. The van der Waals surface area contributed by atoms with Crippen LogP contribution in [0.1, 0.15) is 80.0 Å². The number of benzene rings is 3. The standard InChI is InChI=1S/C42H42ClN3O6Si/c1-6-42(50)30-19-34-38-28(21-46(34)39(48)29(30)22-51-40(42)49)37-32(18-17-27-24(2)31(43)20-33(45-38)36(27)37)44-35(47)23-52-53(41(3,4)5,25-13-9-7-10-14-25)26-15-11-8-12-16-26/h7-16,19-20,32,50H,6,17-18,21-23H2,1-5H3,(H,44,47)/t32-,42+/m1/s1. The quantitative estimate of drug-likeness (QED) is 0.158. The van der Waals surface area contributed by atoms with Crippen LogP contribution in [-0.2, 0) is 43.9 Å². The van der Waals surface area contributed by atoms with Gasteiger partial charge in [-0.3, -0.25) is 9.59 Å². The monoisotopic (exact) mass is 747 g/mol. The Kier molecular flexibility index (Phi) is 8.53. The topological polar surface area (TPSA) is 120 Å². The molecule has 0 bridgehead atoms. The number of fused-ring (bicyclic) bond motifs is 5. The van der Waals surface area contributed by atoms with Gasteiger partial charge in [0.15, 0.2) is 5.60 Å². The van der Waals surface area contributed by atoms with Crippen molar-refractivity contribution >= 4 is 53.1 Å². The maximum atomic E-state index is 14.2. The number of carbonyl (C=O) groups is 2. The van der Waals surface area contributed by atoms with E-state index in [0.717, 1.165) is 38.0 Å². The van der Waals surface area contributed by atoms with Crippen LogP contribution in [0.4, 0.5) is 0 Å². The molecule has 2 aromatic heterocycles. The highest BCUT2D eigenvalue weighted by Crippen LogP contribution is 2.46. The minimum absolute atomic E-state index is 0.0489. The van der Waals surface area contributed by atoms with E-state index in [1.807, 2.05) is 49.4 Å². The zero-order valence-corrected chi connectivity index (χ0v) is 32.3. The molecule has 0 saturated carbocycles. The Balaban J connectivity index is 1.21. The summed E-state index contributed by atoms with van der Waals surface area (Å²) in [5, 5.41) is 18.2. The van der Waals surface area contributed by atoms with Gasteiger partial charge in [0.2, 0.25) is 5.91 Å². The number of nitrogens with one attached hydrogen (secondary N) is 1. The molecule has 0 spiro atoms. The van der Waals surface area contributed by atoms with Gasteiger partial charge in [0, 0.05) is 21.5 Å². The minimum Gasteiger partial charge on any atom is -0.458 e. The van der Waals surface area contributed by atoms with Gasteiger partial charge < -0.3 is 24.2 Å². The predicted molar refractivity (Wildman–Crippen MR) is 207 cm³/mol. The van der Waals surface area contributed by atoms with Gasteiger partial charge >= 0.3 is 5.97 Å². The number of halogens is 1. The molecule has 1 amide bonds. The van der Waals surface area contributed by atoms with Gasteiger partial charge in [-0.05, 0) is 70.4 Å². The molecule has 0 unspecified atom stereocenters. The van der Waals surface area contributed by atoms with Crippen molar-refractivity contribution in [2.24, 2.45) is 0 Å². The third-order valence-corrected chi connectivity index (χ3v) is 16.9. The molecule has 0 radical (unpaired) electrons. The SMILES string of the molecule is CC[C@@]1(O)C(=O)OCc2c1cc1n(c2=O)Cc2c-1nc1cc(Cl)c(C)c3c1c2[C@H](NC(=O)CO[Si](c1ccccc1)(c1ccccc1)C(C)(C)C)CC3. The summed E-state index contributed by atoms with van der Waals surface area (Å²) >= 11 is 6.77. The van der Waals surface area contributed by atoms with Crippen LogP contribution in [0.15, 0.2) is 77.6 Å². The third kappa shape index (κ3) is 5.33. The lowest BCUT2D eigenvalue weighted by atomic mass is 9.81. The molecule has 11 heteroatoms. The van der Waals surface area contributed by atoms with Crippen LogP contribution in [-0.4, -0.2) is 41.5 Å². The number of pyridine rings is 2. The number of esters is 1. The predicted octanol–water partition coefficient (Wildman–Crippen LogP) is 5.72. The second-order valence-corrected chi connectivity index (χ2v) is 20.1. The fourth-order valence-corrected chi connectivity index (χ4v) is 13.6. The average Bonchev–Trinajstić information content (AvgIpc) is 3.52. The fraction of sp³-hybridized carbons (Fsp3) is 0.333. The summed E-state index contributed by atoms with van der Waals surface area (Å²) in [6.45, 7) is 10.1. The Morgan fingerprint density at radius 2 is 1.72 bits per heavy atom. The number of carbonyl (C=O) groups excluding carboxylic acids is 2. The van der Waals surface area contributed by atoms with Gasteiger partial charge in [0.05, 0.1) is 35.1 Å². The average molecular weight is 748 g/mol. The molecule has 2 atom stereocenters. The molecule has 1 aliphatic carbocycles. The molecule has 8 rings (SSSR count). The van der Waals surface area contributed by atoms with Crippen molar-refractivity contribution in [3.8, 4) is 11.4 Å². The van der Waals surface area contributed by atoms with E-state index < -0.39 is 25.9 Å². The van der Waals surface area contributed by atoms with Crippen LogP contribution >= 0.6 is 11.6 Å². The summed E-state index contributed by atoms with van der Waals surface area (Å²) in [6, 6.07) is 23.6. The van der Waals surface area contributed by atoms with Crippen molar-refractivity contribution in [1.82, 2.24) is 14.9 Å². The zero-order valence-electron chi connectivity index (χ0n) is 30.5. The van der Waals surface area contributed by atoms with Crippen LogP contribution in [0.25, 0.3) is 22.3 Å². The molecule has 0 fully saturated rings. The van der Waals surface area contributed by atoms with Gasteiger partial charge in [0.1, 0.15) is 13.2 Å². The summed E-state index contributed by atoms with van der Waals surface area (Å²) in [6.07, 6.45) is 1.35. The number of rotatable bonds is 7. The van der Waals surface area contributed by atoms with E-state index in [1.54, 1.807) is 17.6 Å². The van der Waals surface area contributed by atoms with E-state index in [2.05, 4.69) is 50.4 Å². The van der Waals surface area contributed by atoms with Crippen LogP contribution in [0, 0.1) is 6.92 Å². The van der Waals surface area contributed by atoms with Crippen molar-refractivity contribution in [3.05, 3.63) is 122 Å². The molecular weight excluding hydrogens is 706 g/mol. The fourth-order valence-electron chi connectivity index (χ4n) is 8.87. The Morgan fingerprint density at radius 1 is 1.06 bits per heavy atom. The van der Waals surface area contributed by atoms with E-state index in [-0.39, 0.29) is 53.8 Å². The molecule has 53 heavy (non-hydrogen) atoms. The molecular formula is C42H42ClN3O6Si. The Bertz CT molecular complexity index is 2350. The maximum absolute atomic E-state index is 14.2. The molecule has 3 aliphatic rings. The van der Waals surface area contributed by atoms with E-state index in [1.165, 1.54) is 0 Å². The molecule has 9 nitrogen and oxygen atoms in total. The summed E-state index contributed by atoms with van der Waals surface area (Å²) < 4.78 is 13.9. The first-order valence-electron chi connectivity index (χ1n) is 18.2. The first kappa shape index (κ1) is 35.4. The van der Waals surface area contributed by atoms with Crippen molar-refractivity contribution in [1.29, 1.82) is 0 Å². The molecule has 272 valence electrons. The number of hydrogen-bond acceptors (Lipinski definition) is 7. The maximum Gasteiger partial charge on any atom is 0.343 e. The van der Waals surface area contributed by atoms with E-state index in [0.29, 0.717) is 34.8 Å². The lowest BCUT2D eigenvalue weighted by Gasteiger charge is -2.43. The molecule has 0 saturated heterocycles. The molecule has 2 N–H and O–H groups in total. The number of aliphatic hydroxyl groups is 1. The Hall–Kier alpha value is -4.61. The van der Waals surface area contributed by atoms with E-state index in [4.69, 9.17) is 25.7 Å². The smallest absolute Gasteiger partial charge is 0.343 e. The van der Waals surface area contributed by atoms with E-state index in [9.17, 15) is 19.5 Å². The van der Waals surface area contributed by atoms with E-state index >= 15 is 0 Å². The number of aryl methyl sites for hydroxylation is 1. The first-order chi connectivity index (χ1) is 25.3. The highest BCUT2D eigenvalue weighted by Gasteiger charge is 2.51. The van der Waals surface area contributed by atoms with Crippen molar-refractivity contribution < 1.29 is 23.9 Å². The largest absolute Gasteiger partial charge is 0.458 e. The molecule has 3 aromatic carbocycles. The second-order valence-electron chi connectivity index (χ2n) is 15.4. The highest BCUT2D eigenvalue weighted by molar-refractivity contribution is 6.99. The van der Waals surface area contributed by atoms with Gasteiger partial charge in [-0.2, -0.15) is 0 Å². The minimum atomic E-state index is -2.98. The molecule has 2 aliphatic heterocycles. The third-order valence-electron chi connectivity index (χ3n) is 11.5. The van der Waals surface area contributed by atoms with Gasteiger partial charge in [0.25, 0.3) is 13.9 Å². The van der Waals surface area contributed by atoms with Gasteiger partial charge in [-0.1, -0.05) is 100.0 Å². The number of amides is 1. The van der Waals surface area contributed by atoms with Crippen LogP contribution in [0.2, 0.25) is 10.1 Å². The molecule has 4 heterocycles. The van der Waals surface area contributed by atoms with Gasteiger partial charge in [-0.15, -0.1) is 0 Å². The van der Waals surface area contributed by atoms with Crippen molar-refractivity contribution in [3.63, 3.8) is 0 Å². The van der Waals surface area contributed by atoms with Crippen LogP contribution in [0.3, 0.4) is 0 Å². The zero-order chi connectivity index (χ0) is 37.4. The van der Waals surface area contributed by atoms with Crippen LogP contribution < -0.4 is 21.2 Å². The number of hydrogen-bond donors (Lipinski definition) is 2.